The largest absolute Gasteiger partial charge is 0.416 e. The molecule has 0 N–H and O–H groups in total. The zero-order valence-corrected chi connectivity index (χ0v) is 19.5. The summed E-state index contributed by atoms with van der Waals surface area (Å²) in [6.07, 6.45) is -2.51. The van der Waals surface area contributed by atoms with Crippen LogP contribution in [0.4, 0.5) is 13.2 Å². The number of nitrogens with zero attached hydrogens (tertiary/aromatic N) is 1. The maximum Gasteiger partial charge on any atom is 0.416 e. The molecule has 1 heterocycles. The van der Waals surface area contributed by atoms with Crippen LogP contribution in [0.2, 0.25) is 0 Å². The van der Waals surface area contributed by atoms with Crippen LogP contribution < -0.4 is 0 Å². The topological polar surface area (TPSA) is 12.9 Å². The number of benzene rings is 4. The molecule has 0 aliphatic carbocycles. The molecule has 0 saturated heterocycles. The van der Waals surface area contributed by atoms with Crippen LogP contribution in [0.1, 0.15) is 27.8 Å². The normalized spacial score (nSPS) is 12.0. The molecule has 5 aromatic rings. The zero-order chi connectivity index (χ0) is 24.2. The molecule has 1 aromatic heterocycles. The van der Waals surface area contributed by atoms with Gasteiger partial charge in [-0.25, -0.2) is 0 Å². The summed E-state index contributed by atoms with van der Waals surface area (Å²) in [5.74, 6) is 0. The van der Waals surface area contributed by atoms with Crippen molar-refractivity contribution in [3.8, 4) is 22.4 Å². The average molecular weight is 456 g/mol. The van der Waals surface area contributed by atoms with Crippen molar-refractivity contribution in [3.05, 3.63) is 101 Å². The predicted molar refractivity (Wildman–Crippen MR) is 134 cm³/mol. The van der Waals surface area contributed by atoms with Gasteiger partial charge in [-0.1, -0.05) is 53.6 Å². The summed E-state index contributed by atoms with van der Waals surface area (Å²) in [7, 11) is 0. The van der Waals surface area contributed by atoms with Gasteiger partial charge >= 0.3 is 6.18 Å². The fourth-order valence-corrected chi connectivity index (χ4v) is 5.09. The summed E-state index contributed by atoms with van der Waals surface area (Å²) in [4.78, 5) is 4.69. The Bertz CT molecular complexity index is 1540. The second-order valence-electron chi connectivity index (χ2n) is 9.12. The van der Waals surface area contributed by atoms with E-state index in [1.165, 1.54) is 25.0 Å². The number of aryl methyl sites for hydroxylation is 4. The number of alkyl halides is 3. The lowest BCUT2D eigenvalue weighted by atomic mass is 9.92. The van der Waals surface area contributed by atoms with Crippen LogP contribution >= 0.6 is 0 Å². The van der Waals surface area contributed by atoms with Crippen LogP contribution in [-0.2, 0) is 6.18 Å². The van der Waals surface area contributed by atoms with E-state index in [4.69, 9.17) is 0 Å². The lowest BCUT2D eigenvalue weighted by Crippen LogP contribution is -2.10. The summed E-state index contributed by atoms with van der Waals surface area (Å²) in [5, 5.41) is 4.31. The standard InChI is InChI=1S/C30H24F3N/c1-17-11-18(2)13-24(12-17)29-27-8-6-22-16-21(5-7-25(22)26(27)9-10-34-29)23-14-19(3)28(20(4)15-23)30(31,32)33/h5-16H,1-4H3. The number of aromatic nitrogens is 1. The molecule has 170 valence electrons. The fraction of sp³-hybridized carbons (Fsp3) is 0.167. The van der Waals surface area contributed by atoms with E-state index in [1.54, 1.807) is 12.1 Å². The van der Waals surface area contributed by atoms with E-state index in [1.807, 2.05) is 24.4 Å². The Kier molecular flexibility index (Phi) is 5.20. The molecule has 0 aliphatic rings. The van der Waals surface area contributed by atoms with Gasteiger partial charge in [0.2, 0.25) is 0 Å². The summed E-state index contributed by atoms with van der Waals surface area (Å²) in [5.41, 5.74) is 6.05. The van der Waals surface area contributed by atoms with Gasteiger partial charge < -0.3 is 0 Å². The van der Waals surface area contributed by atoms with Crippen molar-refractivity contribution in [1.82, 2.24) is 4.98 Å². The molecule has 1 nitrogen and oxygen atoms in total. The first-order chi connectivity index (χ1) is 16.1. The Morgan fingerprint density at radius 1 is 0.588 bits per heavy atom. The van der Waals surface area contributed by atoms with Crippen molar-refractivity contribution >= 4 is 21.5 Å². The third-order valence-corrected chi connectivity index (χ3v) is 6.41. The molecule has 0 aliphatic heterocycles. The SMILES string of the molecule is Cc1cc(C)cc(-c2nccc3c2ccc2cc(-c4cc(C)c(C(F)(F)F)c(C)c4)ccc23)c1. The van der Waals surface area contributed by atoms with Gasteiger partial charge in [0.25, 0.3) is 0 Å². The summed E-state index contributed by atoms with van der Waals surface area (Å²) in [6, 6.07) is 22.0. The molecule has 5 rings (SSSR count). The molecule has 0 saturated carbocycles. The van der Waals surface area contributed by atoms with Gasteiger partial charge in [0.05, 0.1) is 11.3 Å². The number of fused-ring (bicyclic) bond motifs is 3. The third-order valence-electron chi connectivity index (χ3n) is 6.41. The quantitative estimate of drug-likeness (QED) is 0.242. The van der Waals surface area contributed by atoms with Gasteiger partial charge in [-0.15, -0.1) is 0 Å². The zero-order valence-electron chi connectivity index (χ0n) is 19.5. The molecule has 0 fully saturated rings. The highest BCUT2D eigenvalue weighted by atomic mass is 19.4. The van der Waals surface area contributed by atoms with Gasteiger partial charge in [0.1, 0.15) is 0 Å². The Morgan fingerprint density at radius 2 is 1.24 bits per heavy atom. The highest BCUT2D eigenvalue weighted by molar-refractivity contribution is 6.11. The maximum absolute atomic E-state index is 13.4. The van der Waals surface area contributed by atoms with Gasteiger partial charge in [-0.2, -0.15) is 13.2 Å². The Balaban J connectivity index is 1.65. The van der Waals surface area contributed by atoms with Crippen LogP contribution in [0.25, 0.3) is 43.9 Å². The second kappa shape index (κ2) is 7.98. The van der Waals surface area contributed by atoms with Crippen molar-refractivity contribution < 1.29 is 13.2 Å². The van der Waals surface area contributed by atoms with Crippen LogP contribution in [-0.4, -0.2) is 4.98 Å². The molecule has 0 bridgehead atoms. The molecule has 0 amide bonds. The summed E-state index contributed by atoms with van der Waals surface area (Å²) < 4.78 is 40.2. The monoisotopic (exact) mass is 455 g/mol. The van der Waals surface area contributed by atoms with E-state index in [9.17, 15) is 13.2 Å². The summed E-state index contributed by atoms with van der Waals surface area (Å²) >= 11 is 0. The molecule has 4 heteroatoms. The lowest BCUT2D eigenvalue weighted by Gasteiger charge is -2.16. The molecular formula is C30H24F3N. The van der Waals surface area contributed by atoms with Crippen LogP contribution in [0, 0.1) is 27.7 Å². The molecular weight excluding hydrogens is 431 g/mol. The van der Waals surface area contributed by atoms with Gasteiger partial charge in [-0.05, 0) is 90.4 Å². The minimum atomic E-state index is -4.35. The Morgan fingerprint density at radius 3 is 1.88 bits per heavy atom. The first-order valence-electron chi connectivity index (χ1n) is 11.2. The van der Waals surface area contributed by atoms with E-state index in [0.29, 0.717) is 0 Å². The van der Waals surface area contributed by atoms with Crippen LogP contribution in [0.3, 0.4) is 0 Å². The highest BCUT2D eigenvalue weighted by Crippen LogP contribution is 2.38. The first kappa shape index (κ1) is 22.1. The molecule has 34 heavy (non-hydrogen) atoms. The van der Waals surface area contributed by atoms with E-state index < -0.39 is 11.7 Å². The highest BCUT2D eigenvalue weighted by Gasteiger charge is 2.34. The smallest absolute Gasteiger partial charge is 0.256 e. The van der Waals surface area contributed by atoms with Crippen LogP contribution in [0.5, 0.6) is 0 Å². The molecule has 0 radical (unpaired) electrons. The lowest BCUT2D eigenvalue weighted by molar-refractivity contribution is -0.138. The second-order valence-corrected chi connectivity index (χ2v) is 9.12. The van der Waals surface area contributed by atoms with Crippen molar-refractivity contribution in [2.24, 2.45) is 0 Å². The number of halogens is 3. The number of hydrogen-bond donors (Lipinski definition) is 0. The van der Waals surface area contributed by atoms with Crippen LogP contribution in [0.15, 0.2) is 72.9 Å². The van der Waals surface area contributed by atoms with Gasteiger partial charge in [-0.3, -0.25) is 4.98 Å². The molecule has 0 unspecified atom stereocenters. The molecule has 4 aromatic carbocycles. The van der Waals surface area contributed by atoms with Crippen molar-refractivity contribution in [2.75, 3.05) is 0 Å². The van der Waals surface area contributed by atoms with E-state index >= 15 is 0 Å². The number of rotatable bonds is 2. The van der Waals surface area contributed by atoms with Crippen molar-refractivity contribution in [2.45, 2.75) is 33.9 Å². The summed E-state index contributed by atoms with van der Waals surface area (Å²) in [6.45, 7) is 7.22. The molecule has 0 spiro atoms. The maximum atomic E-state index is 13.4. The minimum Gasteiger partial charge on any atom is -0.256 e. The number of hydrogen-bond acceptors (Lipinski definition) is 1. The van der Waals surface area contributed by atoms with E-state index in [2.05, 4.69) is 55.2 Å². The van der Waals surface area contributed by atoms with Crippen molar-refractivity contribution in [1.29, 1.82) is 0 Å². The third kappa shape index (κ3) is 3.83. The number of pyridine rings is 1. The fourth-order valence-electron chi connectivity index (χ4n) is 5.09. The Labute approximate surface area is 196 Å². The minimum absolute atomic E-state index is 0.241. The van der Waals surface area contributed by atoms with E-state index in [0.717, 1.165) is 43.9 Å². The van der Waals surface area contributed by atoms with Crippen molar-refractivity contribution in [3.63, 3.8) is 0 Å². The van der Waals surface area contributed by atoms with Gasteiger partial charge in [0.15, 0.2) is 0 Å². The molecule has 0 atom stereocenters. The van der Waals surface area contributed by atoms with Gasteiger partial charge in [0, 0.05) is 17.1 Å². The van der Waals surface area contributed by atoms with E-state index in [-0.39, 0.29) is 11.1 Å². The average Bonchev–Trinajstić information content (AvgIpc) is 2.76. The first-order valence-corrected chi connectivity index (χ1v) is 11.2. The predicted octanol–water partition coefficient (Wildman–Crippen LogP) is 8.97. The Hall–Kier alpha value is -3.66.